The van der Waals surface area contributed by atoms with Crippen LogP contribution in [0.1, 0.15) is 5.56 Å². The summed E-state index contributed by atoms with van der Waals surface area (Å²) in [4.78, 5) is 4.03. The van der Waals surface area contributed by atoms with Crippen LogP contribution in [0.25, 0.3) is 0 Å². The molecule has 0 radical (unpaired) electrons. The zero-order valence-electron chi connectivity index (χ0n) is 8.61. The highest BCUT2D eigenvalue weighted by atomic mass is 35.5. The van der Waals surface area contributed by atoms with Crippen molar-refractivity contribution in [1.29, 1.82) is 5.26 Å². The Labute approximate surface area is 102 Å². The second-order valence-electron chi connectivity index (χ2n) is 3.27. The Morgan fingerprint density at radius 3 is 2.88 bits per heavy atom. The molecule has 17 heavy (non-hydrogen) atoms. The predicted molar refractivity (Wildman–Crippen MR) is 63.6 cm³/mol. The van der Waals surface area contributed by atoms with Gasteiger partial charge < -0.3 is 5.32 Å². The maximum atomic E-state index is 13.0. The Morgan fingerprint density at radius 2 is 2.18 bits per heavy atom. The summed E-state index contributed by atoms with van der Waals surface area (Å²) in [5.41, 5.74) is 0.986. The second-order valence-corrected chi connectivity index (χ2v) is 3.67. The van der Waals surface area contributed by atoms with Crippen LogP contribution in [-0.2, 0) is 0 Å². The van der Waals surface area contributed by atoms with E-state index in [9.17, 15) is 4.39 Å². The molecule has 2 rings (SSSR count). The van der Waals surface area contributed by atoms with Crippen molar-refractivity contribution in [3.63, 3.8) is 0 Å². The average Bonchev–Trinajstić information content (AvgIpc) is 2.34. The normalized spacial score (nSPS) is 9.71. The van der Waals surface area contributed by atoms with Gasteiger partial charge in [-0.3, -0.25) is 0 Å². The minimum atomic E-state index is -0.487. The van der Waals surface area contributed by atoms with Gasteiger partial charge in [0.1, 0.15) is 17.7 Å². The molecule has 0 fully saturated rings. The maximum Gasteiger partial charge on any atom is 0.148 e. The van der Waals surface area contributed by atoms with E-state index in [4.69, 9.17) is 16.9 Å². The van der Waals surface area contributed by atoms with Crippen LogP contribution in [0, 0.1) is 17.1 Å². The average molecular weight is 248 g/mol. The highest BCUT2D eigenvalue weighted by molar-refractivity contribution is 6.31. The molecule has 0 aliphatic carbocycles. The molecule has 0 atom stereocenters. The van der Waals surface area contributed by atoms with E-state index in [1.165, 1.54) is 18.2 Å². The number of halogens is 2. The molecule has 0 amide bonds. The molecule has 5 heteroatoms. The Hall–Kier alpha value is -2.12. The minimum absolute atomic E-state index is 0.0180. The fraction of sp³-hybridized carbons (Fsp3) is 0. The van der Waals surface area contributed by atoms with Gasteiger partial charge in [-0.1, -0.05) is 11.6 Å². The van der Waals surface area contributed by atoms with Gasteiger partial charge in [0.25, 0.3) is 0 Å². The molecule has 1 N–H and O–H groups in total. The van der Waals surface area contributed by atoms with E-state index in [1.807, 2.05) is 6.07 Å². The lowest BCUT2D eigenvalue weighted by Crippen LogP contribution is -1.96. The molecular formula is C12H7ClFN3. The van der Waals surface area contributed by atoms with Gasteiger partial charge in [-0.25, -0.2) is 9.37 Å². The first kappa shape index (κ1) is 11.4. The Bertz CT molecular complexity index is 593. The maximum absolute atomic E-state index is 13.0. The van der Waals surface area contributed by atoms with Gasteiger partial charge in [0.2, 0.25) is 0 Å². The number of aromatic nitrogens is 1. The molecule has 0 bridgehead atoms. The number of anilines is 2. The topological polar surface area (TPSA) is 48.7 Å². The van der Waals surface area contributed by atoms with Crippen LogP contribution in [0.5, 0.6) is 0 Å². The highest BCUT2D eigenvalue weighted by Gasteiger charge is 2.05. The quantitative estimate of drug-likeness (QED) is 0.884. The fourth-order valence-electron chi connectivity index (χ4n) is 1.31. The fourth-order valence-corrected chi connectivity index (χ4v) is 1.49. The third-order valence-electron chi connectivity index (χ3n) is 2.11. The van der Waals surface area contributed by atoms with E-state index in [1.54, 1.807) is 18.3 Å². The summed E-state index contributed by atoms with van der Waals surface area (Å²) in [5.74, 6) is -0.0728. The van der Waals surface area contributed by atoms with Crippen LogP contribution in [0.3, 0.4) is 0 Å². The molecule has 84 valence electrons. The smallest absolute Gasteiger partial charge is 0.148 e. The van der Waals surface area contributed by atoms with Crippen molar-refractivity contribution in [2.24, 2.45) is 0 Å². The monoisotopic (exact) mass is 247 g/mol. The van der Waals surface area contributed by atoms with E-state index < -0.39 is 5.82 Å². The van der Waals surface area contributed by atoms with E-state index in [0.717, 1.165) is 0 Å². The number of nitrogens with one attached hydrogen (secondary N) is 1. The Balaban J connectivity index is 2.32. The zero-order valence-corrected chi connectivity index (χ0v) is 9.37. The van der Waals surface area contributed by atoms with Crippen molar-refractivity contribution in [2.75, 3.05) is 5.32 Å². The summed E-state index contributed by atoms with van der Waals surface area (Å²) in [6.45, 7) is 0. The SMILES string of the molecule is N#Cc1cccnc1Nc1ccc(F)c(Cl)c1. The van der Waals surface area contributed by atoms with Crippen molar-refractivity contribution >= 4 is 23.1 Å². The van der Waals surface area contributed by atoms with Crippen molar-refractivity contribution in [1.82, 2.24) is 4.98 Å². The van der Waals surface area contributed by atoms with E-state index >= 15 is 0 Å². The van der Waals surface area contributed by atoms with Gasteiger partial charge in [0.05, 0.1) is 10.6 Å². The Kier molecular flexibility index (Phi) is 3.22. The van der Waals surface area contributed by atoms with Crippen LogP contribution in [-0.4, -0.2) is 4.98 Å². The molecule has 3 nitrogen and oxygen atoms in total. The lowest BCUT2D eigenvalue weighted by molar-refractivity contribution is 0.628. The minimum Gasteiger partial charge on any atom is -0.339 e. The number of nitriles is 1. The second kappa shape index (κ2) is 4.81. The van der Waals surface area contributed by atoms with Crippen LogP contribution in [0.2, 0.25) is 5.02 Å². The number of hydrogen-bond acceptors (Lipinski definition) is 3. The molecule has 0 saturated heterocycles. The van der Waals surface area contributed by atoms with Crippen molar-refractivity contribution in [3.8, 4) is 6.07 Å². The summed E-state index contributed by atoms with van der Waals surface area (Å²) >= 11 is 5.65. The summed E-state index contributed by atoms with van der Waals surface area (Å²) in [6, 6.07) is 9.53. The lowest BCUT2D eigenvalue weighted by Gasteiger charge is -2.07. The molecule has 1 aromatic heterocycles. The predicted octanol–water partition coefficient (Wildman–Crippen LogP) is 3.49. The third kappa shape index (κ3) is 2.52. The highest BCUT2D eigenvalue weighted by Crippen LogP contribution is 2.23. The molecular weight excluding hydrogens is 241 g/mol. The van der Waals surface area contributed by atoms with E-state index in [0.29, 0.717) is 17.1 Å². The van der Waals surface area contributed by atoms with Crippen molar-refractivity contribution in [2.45, 2.75) is 0 Å². The molecule has 0 saturated carbocycles. The van der Waals surface area contributed by atoms with E-state index in [-0.39, 0.29) is 5.02 Å². The molecule has 1 aromatic carbocycles. The number of benzene rings is 1. The summed E-state index contributed by atoms with van der Waals surface area (Å²) in [7, 11) is 0. The molecule has 1 heterocycles. The number of rotatable bonds is 2. The van der Waals surface area contributed by atoms with Crippen molar-refractivity contribution in [3.05, 3.63) is 52.9 Å². The zero-order chi connectivity index (χ0) is 12.3. The standard InChI is InChI=1S/C12H7ClFN3/c13-10-6-9(3-4-11(10)14)17-12-8(7-15)2-1-5-16-12/h1-6H,(H,16,17). The molecule has 0 unspecified atom stereocenters. The number of hydrogen-bond donors (Lipinski definition) is 1. The number of nitrogens with zero attached hydrogens (tertiary/aromatic N) is 2. The first-order valence-corrected chi connectivity index (χ1v) is 5.15. The first-order valence-electron chi connectivity index (χ1n) is 4.78. The van der Waals surface area contributed by atoms with Crippen LogP contribution in [0.4, 0.5) is 15.9 Å². The van der Waals surface area contributed by atoms with Gasteiger partial charge in [0, 0.05) is 11.9 Å². The molecule has 0 aliphatic heterocycles. The molecule has 2 aromatic rings. The number of pyridine rings is 1. The van der Waals surface area contributed by atoms with Crippen LogP contribution >= 0.6 is 11.6 Å². The van der Waals surface area contributed by atoms with Gasteiger partial charge in [0.15, 0.2) is 0 Å². The van der Waals surface area contributed by atoms with Crippen molar-refractivity contribution < 1.29 is 4.39 Å². The lowest BCUT2D eigenvalue weighted by atomic mass is 10.2. The molecule has 0 spiro atoms. The van der Waals surface area contributed by atoms with Gasteiger partial charge in [-0.05, 0) is 30.3 Å². The third-order valence-corrected chi connectivity index (χ3v) is 2.40. The van der Waals surface area contributed by atoms with Gasteiger partial charge in [-0.15, -0.1) is 0 Å². The summed E-state index contributed by atoms with van der Waals surface area (Å²) < 4.78 is 13.0. The molecule has 0 aliphatic rings. The Morgan fingerprint density at radius 1 is 1.35 bits per heavy atom. The summed E-state index contributed by atoms with van der Waals surface area (Å²) in [5, 5.41) is 11.8. The largest absolute Gasteiger partial charge is 0.339 e. The van der Waals surface area contributed by atoms with Gasteiger partial charge >= 0.3 is 0 Å². The van der Waals surface area contributed by atoms with Crippen LogP contribution in [0.15, 0.2) is 36.5 Å². The van der Waals surface area contributed by atoms with Crippen LogP contribution < -0.4 is 5.32 Å². The van der Waals surface area contributed by atoms with Gasteiger partial charge in [-0.2, -0.15) is 5.26 Å². The first-order chi connectivity index (χ1) is 8.20. The summed E-state index contributed by atoms with van der Waals surface area (Å²) in [6.07, 6.45) is 1.56. The van der Waals surface area contributed by atoms with E-state index in [2.05, 4.69) is 10.3 Å².